The quantitative estimate of drug-likeness (QED) is 0.115. The summed E-state index contributed by atoms with van der Waals surface area (Å²) in [5.41, 5.74) is -0.500. The molecular formula is C27H36O18. The zero-order valence-corrected chi connectivity index (χ0v) is 23.7. The zero-order valence-electron chi connectivity index (χ0n) is 23.7. The average molecular weight is 649 g/mol. The minimum Gasteiger partial charge on any atom is -0.493 e. The van der Waals surface area contributed by atoms with E-state index in [1.807, 2.05) is 0 Å². The topological polar surface area (TPSA) is 277 Å². The van der Waals surface area contributed by atoms with Gasteiger partial charge in [-0.25, -0.2) is 4.79 Å². The first-order valence-corrected chi connectivity index (χ1v) is 14.0. The van der Waals surface area contributed by atoms with Crippen molar-refractivity contribution in [1.29, 1.82) is 0 Å². The number of hydrogen-bond donors (Lipinski definition) is 9. The lowest BCUT2D eigenvalue weighted by molar-refractivity contribution is -0.355. The molecule has 5 rings (SSSR count). The van der Waals surface area contributed by atoms with Gasteiger partial charge in [0.05, 0.1) is 26.9 Å². The highest BCUT2D eigenvalue weighted by Gasteiger charge is 2.51. The number of aliphatic hydroxyl groups is 9. The van der Waals surface area contributed by atoms with Crippen LogP contribution in [0.1, 0.15) is 0 Å². The highest BCUT2D eigenvalue weighted by Crippen LogP contribution is 2.35. The van der Waals surface area contributed by atoms with Gasteiger partial charge in [-0.1, -0.05) is 0 Å². The molecule has 2 aromatic rings. The number of methoxy groups -OCH3 is 1. The van der Waals surface area contributed by atoms with Crippen molar-refractivity contribution in [2.75, 3.05) is 26.9 Å². The monoisotopic (exact) mass is 648 g/mol. The van der Waals surface area contributed by atoms with E-state index >= 15 is 0 Å². The van der Waals surface area contributed by atoms with Gasteiger partial charge in [0, 0.05) is 17.5 Å². The van der Waals surface area contributed by atoms with Crippen LogP contribution in [0.15, 0.2) is 33.5 Å². The highest BCUT2D eigenvalue weighted by atomic mass is 16.7. The van der Waals surface area contributed by atoms with Crippen molar-refractivity contribution in [3.05, 3.63) is 34.7 Å². The Morgan fingerprint density at radius 3 is 2.20 bits per heavy atom. The van der Waals surface area contributed by atoms with E-state index in [4.69, 9.17) is 37.6 Å². The molecule has 18 nitrogen and oxygen atoms in total. The summed E-state index contributed by atoms with van der Waals surface area (Å²) in [6.45, 7) is -1.79. The molecule has 1 aromatic heterocycles. The molecule has 0 amide bonds. The van der Waals surface area contributed by atoms with Crippen molar-refractivity contribution in [2.45, 2.75) is 86.0 Å². The summed E-state index contributed by atoms with van der Waals surface area (Å²) in [7, 11) is 1.34. The maximum absolute atomic E-state index is 11.7. The van der Waals surface area contributed by atoms with Crippen LogP contribution >= 0.6 is 0 Å². The summed E-state index contributed by atoms with van der Waals surface area (Å²) in [6, 6.07) is 5.53. The molecule has 9 N–H and O–H groups in total. The summed E-state index contributed by atoms with van der Waals surface area (Å²) in [6.07, 6.45) is -22.8. The molecular weight excluding hydrogens is 612 g/mol. The van der Waals surface area contributed by atoms with Crippen molar-refractivity contribution in [2.24, 2.45) is 0 Å². The Hall–Kier alpha value is -2.53. The predicted molar refractivity (Wildman–Crippen MR) is 143 cm³/mol. The molecule has 252 valence electrons. The van der Waals surface area contributed by atoms with Crippen LogP contribution in [0.4, 0.5) is 0 Å². The molecule has 0 saturated carbocycles. The lowest BCUT2D eigenvalue weighted by atomic mass is 9.97. The van der Waals surface area contributed by atoms with Crippen LogP contribution in [0, 0.1) is 0 Å². The molecule has 18 heteroatoms. The summed E-state index contributed by atoms with van der Waals surface area (Å²) in [5, 5.41) is 93.3. The number of ether oxygens (including phenoxy) is 7. The molecule has 14 atom stereocenters. The second kappa shape index (κ2) is 14.1. The fourth-order valence-electron chi connectivity index (χ4n) is 5.20. The summed E-state index contributed by atoms with van der Waals surface area (Å²) in [5.74, 6) is 0.121. The Morgan fingerprint density at radius 2 is 1.49 bits per heavy atom. The fraction of sp³-hybridized carbons (Fsp3) is 0.667. The largest absolute Gasteiger partial charge is 0.493 e. The Balaban J connectivity index is 1.28. The maximum Gasteiger partial charge on any atom is 0.336 e. The van der Waals surface area contributed by atoms with Crippen LogP contribution < -0.4 is 15.1 Å². The van der Waals surface area contributed by atoms with Crippen LogP contribution in [-0.2, 0) is 23.7 Å². The minimum absolute atomic E-state index is 0.0396. The van der Waals surface area contributed by atoms with Gasteiger partial charge in [0.15, 0.2) is 24.1 Å². The van der Waals surface area contributed by atoms with E-state index in [2.05, 4.69) is 0 Å². The van der Waals surface area contributed by atoms with Crippen LogP contribution in [0.5, 0.6) is 11.5 Å². The third kappa shape index (κ3) is 6.94. The van der Waals surface area contributed by atoms with Gasteiger partial charge in [0.25, 0.3) is 0 Å². The van der Waals surface area contributed by atoms with E-state index in [0.29, 0.717) is 5.39 Å². The van der Waals surface area contributed by atoms with E-state index in [0.717, 1.165) is 0 Å². The Bertz CT molecular complexity index is 1340. The lowest BCUT2D eigenvalue weighted by Crippen LogP contribution is -2.64. The van der Waals surface area contributed by atoms with Gasteiger partial charge >= 0.3 is 5.63 Å². The van der Waals surface area contributed by atoms with Gasteiger partial charge in [-0.05, 0) is 12.1 Å². The van der Waals surface area contributed by atoms with Crippen molar-refractivity contribution in [3.63, 3.8) is 0 Å². The lowest BCUT2D eigenvalue weighted by Gasteiger charge is -2.45. The molecule has 0 aliphatic carbocycles. The molecule has 1 aromatic carbocycles. The average Bonchev–Trinajstić information content (AvgIpc) is 3.02. The second-order valence-corrected chi connectivity index (χ2v) is 10.8. The molecule has 4 heterocycles. The van der Waals surface area contributed by atoms with E-state index in [-0.39, 0.29) is 17.1 Å². The Labute approximate surface area is 254 Å². The fourth-order valence-corrected chi connectivity index (χ4v) is 5.20. The normalized spacial score (nSPS) is 40.8. The van der Waals surface area contributed by atoms with Crippen molar-refractivity contribution in [3.8, 4) is 11.5 Å². The van der Waals surface area contributed by atoms with E-state index in [1.54, 1.807) is 0 Å². The first-order chi connectivity index (χ1) is 21.4. The Kier molecular flexibility index (Phi) is 10.6. The van der Waals surface area contributed by atoms with Crippen LogP contribution in [0.2, 0.25) is 0 Å². The van der Waals surface area contributed by atoms with Crippen LogP contribution in [-0.4, -0.2) is 159 Å². The number of rotatable bonds is 9. The predicted octanol–water partition coefficient (Wildman–Crippen LogP) is -4.73. The molecule has 3 saturated heterocycles. The molecule has 0 radical (unpaired) electrons. The molecule has 0 spiro atoms. The summed E-state index contributed by atoms with van der Waals surface area (Å²) < 4.78 is 43.6. The number of fused-ring (bicyclic) bond motifs is 1. The molecule has 45 heavy (non-hydrogen) atoms. The van der Waals surface area contributed by atoms with Gasteiger partial charge in [0.2, 0.25) is 6.29 Å². The maximum atomic E-state index is 11.7. The van der Waals surface area contributed by atoms with E-state index in [1.165, 1.54) is 31.4 Å². The van der Waals surface area contributed by atoms with Crippen molar-refractivity contribution in [1.82, 2.24) is 0 Å². The first kappa shape index (κ1) is 33.8. The molecule has 3 aliphatic rings. The number of benzene rings is 1. The van der Waals surface area contributed by atoms with Gasteiger partial charge < -0.3 is 83.5 Å². The molecule has 0 bridgehead atoms. The first-order valence-electron chi connectivity index (χ1n) is 14.0. The zero-order chi connectivity index (χ0) is 32.6. The van der Waals surface area contributed by atoms with E-state index in [9.17, 15) is 50.8 Å². The van der Waals surface area contributed by atoms with E-state index < -0.39 is 111 Å². The number of aliphatic hydroxyl groups excluding tert-OH is 9. The van der Waals surface area contributed by atoms with Gasteiger partial charge in [0.1, 0.15) is 72.7 Å². The Morgan fingerprint density at radius 1 is 0.778 bits per heavy atom. The smallest absolute Gasteiger partial charge is 0.336 e. The van der Waals surface area contributed by atoms with Crippen molar-refractivity contribution >= 4 is 11.0 Å². The highest BCUT2D eigenvalue weighted by molar-refractivity contribution is 5.80. The summed E-state index contributed by atoms with van der Waals surface area (Å²) in [4.78, 5) is 11.7. The van der Waals surface area contributed by atoms with Crippen molar-refractivity contribution < 1.29 is 83.5 Å². The van der Waals surface area contributed by atoms with Gasteiger partial charge in [-0.15, -0.1) is 0 Å². The standard InChI is InChI=1S/C27H36O18/c1-38-12-4-9-2-3-16(30)41-11(9)5-13(12)42-27-22(36)20(34)18(32)15(44-27)8-40-26-23(37)24(19(33)14(6-28)43-26)45-25-21(35)17(31)10(29)7-39-25/h2-5,10,14-15,17-29,31-37H,6-8H2,1H3/t10-,14+,15+,17-,18+,19-,20-,21+,22+,23+,24-,25-,26+,27+/m0/s1. The second-order valence-electron chi connectivity index (χ2n) is 10.8. The van der Waals surface area contributed by atoms with Crippen LogP contribution in [0.3, 0.4) is 0 Å². The van der Waals surface area contributed by atoms with Gasteiger partial charge in [-0.2, -0.15) is 0 Å². The third-order valence-corrected chi connectivity index (χ3v) is 7.81. The molecule has 0 unspecified atom stereocenters. The van der Waals surface area contributed by atoms with Gasteiger partial charge in [-0.3, -0.25) is 0 Å². The SMILES string of the molecule is COc1cc2ccc(=O)oc2cc1O[C@@H]1O[C@H](CO[C@@H]2O[C@H](CO)[C@H](O)[C@H](O[C@@H]3OC[C@H](O)[C@H](O)[C@H]3O)[C@H]2O)[C@@H](O)[C@H](O)[C@H]1O. The minimum atomic E-state index is -1.81. The molecule has 3 aliphatic heterocycles. The summed E-state index contributed by atoms with van der Waals surface area (Å²) >= 11 is 0. The third-order valence-electron chi connectivity index (χ3n) is 7.81. The van der Waals surface area contributed by atoms with Crippen LogP contribution in [0.25, 0.3) is 11.0 Å². The molecule has 3 fully saturated rings. The number of hydrogen-bond acceptors (Lipinski definition) is 18.